The summed E-state index contributed by atoms with van der Waals surface area (Å²) < 4.78 is 5.96. The molecule has 7 nitrogen and oxygen atoms in total. The van der Waals surface area contributed by atoms with E-state index in [0.717, 1.165) is 32.7 Å². The Morgan fingerprint density at radius 2 is 1.46 bits per heavy atom. The van der Waals surface area contributed by atoms with Crippen molar-refractivity contribution in [2.24, 2.45) is 0 Å². The van der Waals surface area contributed by atoms with E-state index in [4.69, 9.17) is 4.74 Å². The van der Waals surface area contributed by atoms with E-state index < -0.39 is 0 Å². The van der Waals surface area contributed by atoms with Gasteiger partial charge in [0, 0.05) is 32.7 Å². The maximum absolute atomic E-state index is 12.9. The predicted octanol–water partition coefficient (Wildman–Crippen LogP) is 2.36. The molecule has 160 valence electrons. The van der Waals surface area contributed by atoms with Crippen LogP contribution >= 0.6 is 0 Å². The van der Waals surface area contributed by atoms with Gasteiger partial charge in [-0.3, -0.25) is 0 Å². The largest absolute Gasteiger partial charge is 0.490 e. The van der Waals surface area contributed by atoms with Crippen molar-refractivity contribution in [3.05, 3.63) is 24.3 Å². The lowest BCUT2D eigenvalue weighted by molar-refractivity contribution is 0.197. The van der Waals surface area contributed by atoms with E-state index in [9.17, 15) is 4.79 Å². The molecule has 0 bridgehead atoms. The third-order valence-corrected chi connectivity index (χ3v) is 4.61. The zero-order chi connectivity index (χ0) is 20.9. The minimum Gasteiger partial charge on any atom is -0.490 e. The SMILES string of the molecule is CCN(CC)CCOc1ccccc1NC(=O)N(CCN(C)C)CCN(C)C. The molecule has 0 fully saturated rings. The molecule has 7 heteroatoms. The third-order valence-electron chi connectivity index (χ3n) is 4.61. The lowest BCUT2D eigenvalue weighted by Crippen LogP contribution is -2.42. The Balaban J connectivity index is 2.73. The normalized spacial score (nSPS) is 11.3. The Morgan fingerprint density at radius 1 is 0.893 bits per heavy atom. The molecule has 28 heavy (non-hydrogen) atoms. The van der Waals surface area contributed by atoms with Crippen LogP contribution in [0.3, 0.4) is 0 Å². The van der Waals surface area contributed by atoms with Crippen LogP contribution in [0.15, 0.2) is 24.3 Å². The van der Waals surface area contributed by atoms with Crippen LogP contribution in [0.2, 0.25) is 0 Å². The van der Waals surface area contributed by atoms with Gasteiger partial charge in [0.05, 0.1) is 5.69 Å². The average molecular weight is 394 g/mol. The molecule has 0 aromatic heterocycles. The summed E-state index contributed by atoms with van der Waals surface area (Å²) in [5.41, 5.74) is 0.715. The summed E-state index contributed by atoms with van der Waals surface area (Å²) >= 11 is 0. The molecule has 1 N–H and O–H groups in total. The first kappa shape index (κ1) is 24.2. The Labute approximate surface area is 171 Å². The number of benzene rings is 1. The quantitative estimate of drug-likeness (QED) is 0.558. The molecule has 0 aliphatic heterocycles. The number of likely N-dealkylation sites (N-methyl/N-ethyl adjacent to an activating group) is 3. The standard InChI is InChI=1S/C21H39N5O2/c1-7-25(8-2)17-18-28-20-12-10-9-11-19(20)22-21(27)26(15-13-23(3)4)16-14-24(5)6/h9-12H,7-8,13-18H2,1-6H3,(H,22,27). The number of amides is 2. The number of para-hydroxylation sites is 2. The van der Waals surface area contributed by atoms with E-state index in [1.807, 2.05) is 57.4 Å². The van der Waals surface area contributed by atoms with Gasteiger partial charge in [0.2, 0.25) is 0 Å². The molecule has 0 saturated carbocycles. The number of nitrogens with one attached hydrogen (secondary N) is 1. The molecule has 0 spiro atoms. The van der Waals surface area contributed by atoms with Gasteiger partial charge in [-0.15, -0.1) is 0 Å². The highest BCUT2D eigenvalue weighted by atomic mass is 16.5. The number of carbonyl (C=O) groups excluding carboxylic acids is 1. The van der Waals surface area contributed by atoms with Crippen LogP contribution in [0.1, 0.15) is 13.8 Å². The van der Waals surface area contributed by atoms with E-state index in [2.05, 4.69) is 33.9 Å². The third kappa shape index (κ3) is 9.39. The van der Waals surface area contributed by atoms with Crippen LogP contribution < -0.4 is 10.1 Å². The van der Waals surface area contributed by atoms with Gasteiger partial charge in [0.1, 0.15) is 12.4 Å². The van der Waals surface area contributed by atoms with Crippen molar-refractivity contribution in [1.29, 1.82) is 0 Å². The van der Waals surface area contributed by atoms with Crippen LogP contribution in [0.25, 0.3) is 0 Å². The highest BCUT2D eigenvalue weighted by Gasteiger charge is 2.16. The second-order valence-corrected chi connectivity index (χ2v) is 7.40. The Bertz CT molecular complexity index is 549. The molecule has 0 aliphatic rings. The first-order valence-corrected chi connectivity index (χ1v) is 10.2. The molecule has 0 atom stereocenters. The molecule has 0 aliphatic carbocycles. The Kier molecular flexibility index (Phi) is 11.6. The summed E-state index contributed by atoms with van der Waals surface area (Å²) in [7, 11) is 8.06. The lowest BCUT2D eigenvalue weighted by atomic mass is 10.3. The van der Waals surface area contributed by atoms with Gasteiger partial charge in [-0.2, -0.15) is 0 Å². The first-order valence-electron chi connectivity index (χ1n) is 10.2. The molecular formula is C21H39N5O2. The van der Waals surface area contributed by atoms with E-state index in [-0.39, 0.29) is 6.03 Å². The fourth-order valence-corrected chi connectivity index (χ4v) is 2.67. The van der Waals surface area contributed by atoms with Crippen molar-refractivity contribution in [2.45, 2.75) is 13.8 Å². The lowest BCUT2D eigenvalue weighted by Gasteiger charge is -2.26. The number of hydrogen-bond donors (Lipinski definition) is 1. The van der Waals surface area contributed by atoms with Gasteiger partial charge in [-0.05, 0) is 53.4 Å². The van der Waals surface area contributed by atoms with E-state index in [1.165, 1.54) is 0 Å². The van der Waals surface area contributed by atoms with Crippen LogP contribution in [0.4, 0.5) is 10.5 Å². The second-order valence-electron chi connectivity index (χ2n) is 7.40. The molecule has 0 saturated heterocycles. The van der Waals surface area contributed by atoms with Crippen LogP contribution in [-0.4, -0.2) is 106 Å². The number of urea groups is 1. The maximum Gasteiger partial charge on any atom is 0.322 e. The molecule has 1 aromatic rings. The van der Waals surface area contributed by atoms with Crippen LogP contribution in [0, 0.1) is 0 Å². The second kappa shape index (κ2) is 13.4. The van der Waals surface area contributed by atoms with Gasteiger partial charge in [0.15, 0.2) is 0 Å². The number of ether oxygens (including phenoxy) is 1. The van der Waals surface area contributed by atoms with Crippen LogP contribution in [0.5, 0.6) is 5.75 Å². The summed E-state index contributed by atoms with van der Waals surface area (Å²) in [4.78, 5) is 21.2. The number of hydrogen-bond acceptors (Lipinski definition) is 5. The fraction of sp³-hybridized carbons (Fsp3) is 0.667. The highest BCUT2D eigenvalue weighted by molar-refractivity contribution is 5.91. The van der Waals surface area contributed by atoms with Crippen molar-refractivity contribution in [2.75, 3.05) is 85.9 Å². The maximum atomic E-state index is 12.9. The summed E-state index contributed by atoms with van der Waals surface area (Å²) in [6.07, 6.45) is 0. The molecule has 0 heterocycles. The van der Waals surface area contributed by atoms with Crippen molar-refractivity contribution < 1.29 is 9.53 Å². The van der Waals surface area contributed by atoms with Gasteiger partial charge in [-0.1, -0.05) is 26.0 Å². The number of rotatable bonds is 13. The summed E-state index contributed by atoms with van der Waals surface area (Å²) in [5, 5.41) is 3.04. The fourth-order valence-electron chi connectivity index (χ4n) is 2.67. The molecule has 2 amide bonds. The van der Waals surface area contributed by atoms with Crippen molar-refractivity contribution in [1.82, 2.24) is 19.6 Å². The van der Waals surface area contributed by atoms with E-state index in [1.54, 1.807) is 0 Å². The van der Waals surface area contributed by atoms with Crippen molar-refractivity contribution >= 4 is 11.7 Å². The molecule has 1 rings (SSSR count). The van der Waals surface area contributed by atoms with Gasteiger partial charge in [-0.25, -0.2) is 4.79 Å². The zero-order valence-corrected chi connectivity index (χ0v) is 18.6. The van der Waals surface area contributed by atoms with E-state index in [0.29, 0.717) is 31.1 Å². The van der Waals surface area contributed by atoms with Crippen LogP contribution in [-0.2, 0) is 0 Å². The molecule has 0 unspecified atom stereocenters. The average Bonchev–Trinajstić information content (AvgIpc) is 2.66. The molecule has 0 radical (unpaired) electrons. The molecular weight excluding hydrogens is 354 g/mol. The van der Waals surface area contributed by atoms with Gasteiger partial charge < -0.3 is 29.7 Å². The first-order chi connectivity index (χ1) is 13.4. The summed E-state index contributed by atoms with van der Waals surface area (Å²) in [6, 6.07) is 7.54. The van der Waals surface area contributed by atoms with Crippen molar-refractivity contribution in [3.8, 4) is 5.75 Å². The number of anilines is 1. The Hall–Kier alpha value is -1.83. The topological polar surface area (TPSA) is 51.3 Å². The predicted molar refractivity (Wildman–Crippen MR) is 117 cm³/mol. The Morgan fingerprint density at radius 3 is 2.00 bits per heavy atom. The minimum absolute atomic E-state index is 0.0940. The van der Waals surface area contributed by atoms with Gasteiger partial charge >= 0.3 is 6.03 Å². The monoisotopic (exact) mass is 393 g/mol. The van der Waals surface area contributed by atoms with E-state index >= 15 is 0 Å². The molecule has 1 aromatic carbocycles. The smallest absolute Gasteiger partial charge is 0.322 e. The summed E-state index contributed by atoms with van der Waals surface area (Å²) in [5.74, 6) is 0.711. The van der Waals surface area contributed by atoms with Gasteiger partial charge in [0.25, 0.3) is 0 Å². The number of carbonyl (C=O) groups is 1. The highest BCUT2D eigenvalue weighted by Crippen LogP contribution is 2.24. The summed E-state index contributed by atoms with van der Waals surface area (Å²) in [6.45, 7) is 10.8. The minimum atomic E-state index is -0.0940. The number of nitrogens with zero attached hydrogens (tertiary/aromatic N) is 4. The zero-order valence-electron chi connectivity index (χ0n) is 18.6. The van der Waals surface area contributed by atoms with Crippen molar-refractivity contribution in [3.63, 3.8) is 0 Å².